The normalized spacial score (nSPS) is 10.6. The maximum atomic E-state index is 12.5. The van der Waals surface area contributed by atoms with Crippen molar-refractivity contribution in [3.8, 4) is 0 Å². The minimum atomic E-state index is -0.378. The van der Waals surface area contributed by atoms with Gasteiger partial charge in [-0.2, -0.15) is 5.10 Å². The zero-order chi connectivity index (χ0) is 17.9. The summed E-state index contributed by atoms with van der Waals surface area (Å²) in [6.45, 7) is 0. The first kappa shape index (κ1) is 15.6. The first-order valence-corrected chi connectivity index (χ1v) is 7.88. The second-order valence-electron chi connectivity index (χ2n) is 5.64. The van der Waals surface area contributed by atoms with Crippen LogP contribution in [0.5, 0.6) is 0 Å². The van der Waals surface area contributed by atoms with Gasteiger partial charge in [0.2, 0.25) is 0 Å². The summed E-state index contributed by atoms with van der Waals surface area (Å²) >= 11 is 0. The molecule has 0 aliphatic heterocycles. The van der Waals surface area contributed by atoms with Gasteiger partial charge in [0.15, 0.2) is 5.76 Å². The molecule has 2 amide bonds. The van der Waals surface area contributed by atoms with Gasteiger partial charge in [0.05, 0.1) is 18.0 Å². The van der Waals surface area contributed by atoms with Gasteiger partial charge < -0.3 is 15.1 Å². The molecule has 2 heterocycles. The number of carbonyl (C=O) groups excluding carboxylic acids is 2. The van der Waals surface area contributed by atoms with Gasteiger partial charge in [0.25, 0.3) is 11.8 Å². The van der Waals surface area contributed by atoms with Crippen LogP contribution in [0.4, 0.5) is 11.4 Å². The third-order valence-corrected chi connectivity index (χ3v) is 3.83. The van der Waals surface area contributed by atoms with Crippen LogP contribution < -0.4 is 10.6 Å². The highest BCUT2D eigenvalue weighted by Gasteiger charge is 2.11. The van der Waals surface area contributed by atoms with E-state index in [1.54, 1.807) is 48.7 Å². The molecular weight excluding hydrogens is 332 g/mol. The van der Waals surface area contributed by atoms with Gasteiger partial charge in [-0.25, -0.2) is 0 Å². The third-order valence-electron chi connectivity index (χ3n) is 3.83. The van der Waals surface area contributed by atoms with Crippen molar-refractivity contribution in [1.29, 1.82) is 0 Å². The average Bonchev–Trinajstić information content (AvgIpc) is 3.33. The smallest absolute Gasteiger partial charge is 0.291 e. The Kier molecular flexibility index (Phi) is 3.95. The van der Waals surface area contributed by atoms with Gasteiger partial charge in [0, 0.05) is 22.3 Å². The molecule has 4 aromatic rings. The Morgan fingerprint density at radius 1 is 0.923 bits per heavy atom. The van der Waals surface area contributed by atoms with Crippen LogP contribution in [0.25, 0.3) is 10.9 Å². The number of aromatic amines is 1. The lowest BCUT2D eigenvalue weighted by atomic mass is 10.1. The molecule has 2 aromatic carbocycles. The van der Waals surface area contributed by atoms with Gasteiger partial charge >= 0.3 is 0 Å². The third kappa shape index (κ3) is 3.18. The maximum absolute atomic E-state index is 12.5. The number of fused-ring (bicyclic) bond motifs is 1. The van der Waals surface area contributed by atoms with Crippen LogP contribution >= 0.6 is 0 Å². The van der Waals surface area contributed by atoms with Crippen molar-refractivity contribution in [3.63, 3.8) is 0 Å². The van der Waals surface area contributed by atoms with Gasteiger partial charge in [-0.15, -0.1) is 0 Å². The molecular formula is C19H14N4O3. The molecule has 0 radical (unpaired) electrons. The average molecular weight is 346 g/mol. The number of benzene rings is 2. The van der Waals surface area contributed by atoms with Gasteiger partial charge in [-0.3, -0.25) is 14.7 Å². The molecule has 0 unspecified atom stereocenters. The number of nitrogens with one attached hydrogen (secondary N) is 3. The highest BCUT2D eigenvalue weighted by atomic mass is 16.3. The standard InChI is InChI=1S/C19H14N4O3/c24-18(21-15-7-6-13-11-20-23-16(13)10-15)12-3-1-4-14(9-12)22-19(25)17-5-2-8-26-17/h1-11H,(H,20,23)(H,21,24)(H,22,25). The molecule has 3 N–H and O–H groups in total. The van der Waals surface area contributed by atoms with E-state index in [2.05, 4.69) is 20.8 Å². The van der Waals surface area contributed by atoms with Crippen LogP contribution in [-0.2, 0) is 0 Å². The number of carbonyl (C=O) groups is 2. The predicted molar refractivity (Wildman–Crippen MR) is 97.2 cm³/mol. The zero-order valence-electron chi connectivity index (χ0n) is 13.5. The van der Waals surface area contributed by atoms with Crippen LogP contribution in [0.3, 0.4) is 0 Å². The first-order chi connectivity index (χ1) is 12.7. The topological polar surface area (TPSA) is 100 Å². The van der Waals surface area contributed by atoms with E-state index in [-0.39, 0.29) is 17.6 Å². The minimum Gasteiger partial charge on any atom is -0.459 e. The molecule has 4 rings (SSSR count). The minimum absolute atomic E-state index is 0.202. The van der Waals surface area contributed by atoms with E-state index in [1.807, 2.05) is 12.1 Å². The largest absolute Gasteiger partial charge is 0.459 e. The number of nitrogens with zero attached hydrogens (tertiary/aromatic N) is 1. The summed E-state index contributed by atoms with van der Waals surface area (Å²) in [6, 6.07) is 15.4. The monoisotopic (exact) mass is 346 g/mol. The Labute approximate surface area is 148 Å². The van der Waals surface area contributed by atoms with Gasteiger partial charge in [0.1, 0.15) is 0 Å². The van der Waals surface area contributed by atoms with Crippen molar-refractivity contribution in [3.05, 3.63) is 78.4 Å². The molecule has 128 valence electrons. The number of hydrogen-bond donors (Lipinski definition) is 3. The number of aromatic nitrogens is 2. The molecule has 0 aliphatic carbocycles. The first-order valence-electron chi connectivity index (χ1n) is 7.88. The molecule has 0 fully saturated rings. The van der Waals surface area contributed by atoms with Crippen LogP contribution in [0, 0.1) is 0 Å². The van der Waals surface area contributed by atoms with Gasteiger partial charge in [-0.05, 0) is 48.5 Å². The molecule has 0 saturated heterocycles. The Balaban J connectivity index is 1.50. The quantitative estimate of drug-likeness (QED) is 0.525. The molecule has 0 bridgehead atoms. The molecule has 7 heteroatoms. The highest BCUT2D eigenvalue weighted by molar-refractivity contribution is 6.07. The van der Waals surface area contributed by atoms with E-state index in [9.17, 15) is 9.59 Å². The molecule has 0 atom stereocenters. The lowest BCUT2D eigenvalue weighted by Gasteiger charge is -2.08. The second-order valence-corrected chi connectivity index (χ2v) is 5.64. The molecule has 0 aliphatic rings. The van der Waals surface area contributed by atoms with Crippen molar-refractivity contribution >= 4 is 34.1 Å². The van der Waals surface area contributed by atoms with E-state index in [1.165, 1.54) is 6.26 Å². The SMILES string of the molecule is O=C(Nc1ccc2cn[nH]c2c1)c1cccc(NC(=O)c2ccco2)c1. The Morgan fingerprint density at radius 3 is 2.62 bits per heavy atom. The fourth-order valence-corrected chi connectivity index (χ4v) is 2.56. The van der Waals surface area contributed by atoms with Gasteiger partial charge in [-0.1, -0.05) is 6.07 Å². The summed E-state index contributed by atoms with van der Waals surface area (Å²) in [5, 5.41) is 13.3. The number of furan rings is 1. The summed E-state index contributed by atoms with van der Waals surface area (Å²) in [5.74, 6) is -0.456. The summed E-state index contributed by atoms with van der Waals surface area (Å²) in [4.78, 5) is 24.5. The zero-order valence-corrected chi connectivity index (χ0v) is 13.5. The van der Waals surface area contributed by atoms with E-state index < -0.39 is 0 Å². The van der Waals surface area contributed by atoms with Crippen LogP contribution in [0.15, 0.2) is 71.5 Å². The Morgan fingerprint density at radius 2 is 1.77 bits per heavy atom. The molecule has 26 heavy (non-hydrogen) atoms. The van der Waals surface area contributed by atoms with E-state index in [0.29, 0.717) is 16.9 Å². The molecule has 2 aromatic heterocycles. The van der Waals surface area contributed by atoms with Crippen molar-refractivity contribution in [2.24, 2.45) is 0 Å². The van der Waals surface area contributed by atoms with Crippen LogP contribution in [0.2, 0.25) is 0 Å². The maximum Gasteiger partial charge on any atom is 0.291 e. The van der Waals surface area contributed by atoms with Crippen molar-refractivity contribution < 1.29 is 14.0 Å². The summed E-state index contributed by atoms with van der Waals surface area (Å²) in [5.41, 5.74) is 2.41. The molecule has 7 nitrogen and oxygen atoms in total. The van der Waals surface area contributed by atoms with E-state index >= 15 is 0 Å². The fraction of sp³-hybridized carbons (Fsp3) is 0. The molecule has 0 saturated carbocycles. The second kappa shape index (κ2) is 6.56. The summed E-state index contributed by atoms with van der Waals surface area (Å²) < 4.78 is 5.05. The Hall–Kier alpha value is -3.87. The van der Waals surface area contributed by atoms with Crippen LogP contribution in [-0.4, -0.2) is 22.0 Å². The van der Waals surface area contributed by atoms with Crippen LogP contribution in [0.1, 0.15) is 20.9 Å². The van der Waals surface area contributed by atoms with Crippen molar-refractivity contribution in [2.45, 2.75) is 0 Å². The lowest BCUT2D eigenvalue weighted by Crippen LogP contribution is -2.14. The highest BCUT2D eigenvalue weighted by Crippen LogP contribution is 2.18. The number of rotatable bonds is 4. The molecule has 0 spiro atoms. The predicted octanol–water partition coefficient (Wildman–Crippen LogP) is 3.66. The number of H-pyrrole nitrogens is 1. The van der Waals surface area contributed by atoms with E-state index in [0.717, 1.165) is 10.9 Å². The number of hydrogen-bond acceptors (Lipinski definition) is 4. The van der Waals surface area contributed by atoms with Crippen molar-refractivity contribution in [1.82, 2.24) is 10.2 Å². The summed E-state index contributed by atoms with van der Waals surface area (Å²) in [6.07, 6.45) is 3.14. The Bertz CT molecular complexity index is 1080. The van der Waals surface area contributed by atoms with E-state index in [4.69, 9.17) is 4.42 Å². The summed E-state index contributed by atoms with van der Waals surface area (Å²) in [7, 11) is 0. The lowest BCUT2D eigenvalue weighted by molar-refractivity contribution is 0.0993. The fourth-order valence-electron chi connectivity index (χ4n) is 2.56. The number of anilines is 2. The van der Waals surface area contributed by atoms with Crippen molar-refractivity contribution in [2.75, 3.05) is 10.6 Å². The number of amides is 2.